The zero-order valence-electron chi connectivity index (χ0n) is 16.6. The Morgan fingerprint density at radius 2 is 1.83 bits per heavy atom. The normalized spacial score (nSPS) is 22.0. The Morgan fingerprint density at radius 3 is 2.55 bits per heavy atom. The number of ether oxygens (including phenoxy) is 2. The first-order chi connectivity index (χ1) is 14.0. The van der Waals surface area contributed by atoms with E-state index in [0.717, 1.165) is 37.0 Å². The van der Waals surface area contributed by atoms with E-state index < -0.39 is 12.0 Å². The number of aromatic hydroxyl groups is 2. The molecular weight excluding hydrogens is 370 g/mol. The molecule has 2 aromatic carbocycles. The van der Waals surface area contributed by atoms with Gasteiger partial charge in [-0.05, 0) is 43.6 Å². The Labute approximate surface area is 170 Å². The fourth-order valence-electron chi connectivity index (χ4n) is 4.12. The van der Waals surface area contributed by atoms with E-state index in [-0.39, 0.29) is 28.6 Å². The Morgan fingerprint density at radius 1 is 1.10 bits per heavy atom. The van der Waals surface area contributed by atoms with E-state index in [0.29, 0.717) is 6.61 Å². The van der Waals surface area contributed by atoms with Crippen LogP contribution in [0.25, 0.3) is 0 Å². The van der Waals surface area contributed by atoms with Crippen molar-refractivity contribution in [3.05, 3.63) is 47.5 Å². The van der Waals surface area contributed by atoms with Crippen molar-refractivity contribution < 1.29 is 24.5 Å². The van der Waals surface area contributed by atoms with Gasteiger partial charge in [-0.3, -0.25) is 9.69 Å². The maximum Gasteiger partial charge on any atom is 0.177 e. The zero-order chi connectivity index (χ0) is 20.4. The van der Waals surface area contributed by atoms with Gasteiger partial charge in [0.15, 0.2) is 5.78 Å². The SMILES string of the molecule is C[C@@H]1C(=O)c2c(O)cc(O)cc2O[C@@H]1c1ccc(OCCN2CCCCC2)cc1. The van der Waals surface area contributed by atoms with Gasteiger partial charge in [-0.15, -0.1) is 0 Å². The van der Waals surface area contributed by atoms with Gasteiger partial charge in [0.1, 0.15) is 41.3 Å². The molecule has 0 spiro atoms. The third-order valence-corrected chi connectivity index (χ3v) is 5.77. The van der Waals surface area contributed by atoms with Crippen molar-refractivity contribution in [2.75, 3.05) is 26.2 Å². The van der Waals surface area contributed by atoms with E-state index in [1.54, 1.807) is 6.92 Å². The van der Waals surface area contributed by atoms with Gasteiger partial charge in [-0.1, -0.05) is 25.5 Å². The van der Waals surface area contributed by atoms with E-state index in [4.69, 9.17) is 9.47 Å². The van der Waals surface area contributed by atoms with Crippen LogP contribution in [0.15, 0.2) is 36.4 Å². The maximum absolute atomic E-state index is 12.7. The summed E-state index contributed by atoms with van der Waals surface area (Å²) in [5.74, 6) is -0.0549. The average molecular weight is 397 g/mol. The first kappa shape index (κ1) is 19.6. The molecule has 0 aromatic heterocycles. The summed E-state index contributed by atoms with van der Waals surface area (Å²) in [6.45, 7) is 5.67. The van der Waals surface area contributed by atoms with Crippen LogP contribution in [0.5, 0.6) is 23.0 Å². The lowest BCUT2D eigenvalue weighted by molar-refractivity contribution is 0.0684. The van der Waals surface area contributed by atoms with Crippen molar-refractivity contribution in [2.24, 2.45) is 5.92 Å². The molecule has 29 heavy (non-hydrogen) atoms. The monoisotopic (exact) mass is 397 g/mol. The minimum absolute atomic E-state index is 0.129. The topological polar surface area (TPSA) is 79.2 Å². The van der Waals surface area contributed by atoms with Crippen molar-refractivity contribution >= 4 is 5.78 Å². The fraction of sp³-hybridized carbons (Fsp3) is 0.435. The van der Waals surface area contributed by atoms with E-state index in [1.165, 1.54) is 25.3 Å². The summed E-state index contributed by atoms with van der Waals surface area (Å²) in [7, 11) is 0. The molecule has 2 aliphatic heterocycles. The molecule has 1 saturated heterocycles. The molecule has 0 aliphatic carbocycles. The highest BCUT2D eigenvalue weighted by Crippen LogP contribution is 2.44. The maximum atomic E-state index is 12.7. The molecule has 6 heteroatoms. The second-order valence-electron chi connectivity index (χ2n) is 7.85. The number of benzene rings is 2. The van der Waals surface area contributed by atoms with Crippen LogP contribution in [0.3, 0.4) is 0 Å². The summed E-state index contributed by atoms with van der Waals surface area (Å²) in [6, 6.07) is 10.1. The number of Topliss-reactive ketones (excluding diaryl/α,β-unsaturated/α-hetero) is 1. The number of fused-ring (bicyclic) bond motifs is 1. The van der Waals surface area contributed by atoms with Gasteiger partial charge in [-0.2, -0.15) is 0 Å². The zero-order valence-corrected chi connectivity index (χ0v) is 16.6. The number of rotatable bonds is 5. The molecule has 2 atom stereocenters. The van der Waals surface area contributed by atoms with Crippen LogP contribution >= 0.6 is 0 Å². The van der Waals surface area contributed by atoms with E-state index in [2.05, 4.69) is 4.90 Å². The smallest absolute Gasteiger partial charge is 0.177 e. The highest BCUT2D eigenvalue weighted by Gasteiger charge is 2.37. The Hall–Kier alpha value is -2.73. The number of ketones is 1. The molecule has 0 radical (unpaired) electrons. The number of nitrogens with zero attached hydrogens (tertiary/aromatic N) is 1. The van der Waals surface area contributed by atoms with Crippen molar-refractivity contribution in [3.8, 4) is 23.0 Å². The van der Waals surface area contributed by atoms with E-state index >= 15 is 0 Å². The van der Waals surface area contributed by atoms with Crippen LogP contribution in [0, 0.1) is 5.92 Å². The highest BCUT2D eigenvalue weighted by molar-refractivity contribution is 6.04. The lowest BCUT2D eigenvalue weighted by Gasteiger charge is -2.31. The predicted octanol–water partition coefficient (Wildman–Crippen LogP) is 3.92. The number of phenols is 2. The Kier molecular flexibility index (Phi) is 5.62. The second kappa shape index (κ2) is 8.33. The summed E-state index contributed by atoms with van der Waals surface area (Å²) >= 11 is 0. The fourth-order valence-corrected chi connectivity index (χ4v) is 4.12. The number of hydrogen-bond acceptors (Lipinski definition) is 6. The molecule has 0 saturated carbocycles. The van der Waals surface area contributed by atoms with Crippen molar-refractivity contribution in [3.63, 3.8) is 0 Å². The van der Waals surface area contributed by atoms with Gasteiger partial charge < -0.3 is 19.7 Å². The molecule has 2 aliphatic rings. The number of carbonyl (C=O) groups excluding carboxylic acids is 1. The van der Waals surface area contributed by atoms with Gasteiger partial charge in [0.05, 0.1) is 5.92 Å². The Balaban J connectivity index is 1.42. The summed E-state index contributed by atoms with van der Waals surface area (Å²) in [4.78, 5) is 15.2. The molecule has 2 N–H and O–H groups in total. The van der Waals surface area contributed by atoms with Gasteiger partial charge in [-0.25, -0.2) is 0 Å². The average Bonchev–Trinajstić information content (AvgIpc) is 2.71. The van der Waals surface area contributed by atoms with E-state index in [9.17, 15) is 15.0 Å². The summed E-state index contributed by atoms with van der Waals surface area (Å²) in [5, 5.41) is 19.7. The van der Waals surface area contributed by atoms with Crippen LogP contribution in [0.4, 0.5) is 0 Å². The van der Waals surface area contributed by atoms with Crippen LogP contribution in [0.2, 0.25) is 0 Å². The number of phenolic OH excluding ortho intramolecular Hbond substituents is 2. The standard InChI is InChI=1S/C23H27NO5/c1-15-22(27)21-19(26)13-17(25)14-20(21)29-23(15)16-5-7-18(8-6-16)28-12-11-24-9-3-2-4-10-24/h5-8,13-15,23,25-26H,2-4,9-12H2,1H3/t15-,23+/m1/s1. The minimum Gasteiger partial charge on any atom is -0.508 e. The Bertz CT molecular complexity index is 874. The molecule has 154 valence electrons. The lowest BCUT2D eigenvalue weighted by Crippen LogP contribution is -2.33. The molecule has 0 bridgehead atoms. The van der Waals surface area contributed by atoms with E-state index in [1.807, 2.05) is 24.3 Å². The van der Waals surface area contributed by atoms with Gasteiger partial charge in [0, 0.05) is 18.7 Å². The van der Waals surface area contributed by atoms with Crippen LogP contribution in [0.1, 0.15) is 48.2 Å². The largest absolute Gasteiger partial charge is 0.508 e. The second-order valence-corrected chi connectivity index (χ2v) is 7.85. The summed E-state index contributed by atoms with van der Waals surface area (Å²) in [5.41, 5.74) is 0.979. The van der Waals surface area contributed by atoms with Crippen LogP contribution < -0.4 is 9.47 Å². The van der Waals surface area contributed by atoms with Crippen LogP contribution in [-0.2, 0) is 0 Å². The summed E-state index contributed by atoms with van der Waals surface area (Å²) in [6.07, 6.45) is 3.38. The molecule has 0 unspecified atom stereocenters. The van der Waals surface area contributed by atoms with Crippen molar-refractivity contribution in [2.45, 2.75) is 32.3 Å². The van der Waals surface area contributed by atoms with Crippen molar-refractivity contribution in [1.29, 1.82) is 0 Å². The molecule has 2 aromatic rings. The third kappa shape index (κ3) is 4.17. The predicted molar refractivity (Wildman–Crippen MR) is 109 cm³/mol. The quantitative estimate of drug-likeness (QED) is 0.796. The first-order valence-electron chi connectivity index (χ1n) is 10.2. The molecule has 6 nitrogen and oxygen atoms in total. The highest BCUT2D eigenvalue weighted by atomic mass is 16.5. The first-order valence-corrected chi connectivity index (χ1v) is 10.2. The number of piperidine rings is 1. The molecular formula is C23H27NO5. The molecule has 4 rings (SSSR count). The number of hydrogen-bond donors (Lipinski definition) is 2. The molecule has 0 amide bonds. The van der Waals surface area contributed by atoms with Crippen LogP contribution in [-0.4, -0.2) is 47.1 Å². The van der Waals surface area contributed by atoms with Crippen molar-refractivity contribution in [1.82, 2.24) is 4.90 Å². The van der Waals surface area contributed by atoms with Gasteiger partial charge >= 0.3 is 0 Å². The lowest BCUT2D eigenvalue weighted by atomic mass is 9.86. The van der Waals surface area contributed by atoms with Gasteiger partial charge in [0.2, 0.25) is 0 Å². The molecule has 1 fully saturated rings. The van der Waals surface area contributed by atoms with Gasteiger partial charge in [0.25, 0.3) is 0 Å². The summed E-state index contributed by atoms with van der Waals surface area (Å²) < 4.78 is 11.8. The number of likely N-dealkylation sites (tertiary alicyclic amines) is 1. The third-order valence-electron chi connectivity index (χ3n) is 5.77. The molecule has 2 heterocycles. The number of carbonyl (C=O) groups is 1. The minimum atomic E-state index is -0.487.